The van der Waals surface area contributed by atoms with Crippen LogP contribution in [-0.4, -0.2) is 28.2 Å². The van der Waals surface area contributed by atoms with Crippen molar-refractivity contribution in [1.29, 1.82) is 0 Å². The van der Waals surface area contributed by atoms with Gasteiger partial charge in [-0.3, -0.25) is 4.79 Å². The number of hydrogen-bond acceptors (Lipinski definition) is 4. The zero-order chi connectivity index (χ0) is 10.4. The molecule has 0 radical (unpaired) electrons. The minimum Gasteiger partial charge on any atom is -0.481 e. The van der Waals surface area contributed by atoms with E-state index in [9.17, 15) is 4.79 Å². The minimum absolute atomic E-state index is 0.159. The summed E-state index contributed by atoms with van der Waals surface area (Å²) < 4.78 is 4.91. The van der Waals surface area contributed by atoms with Gasteiger partial charge in [-0.15, -0.1) is 0 Å². The van der Waals surface area contributed by atoms with Gasteiger partial charge in [-0.2, -0.15) is 0 Å². The Bertz CT molecular complexity index is 315. The average Bonchev–Trinajstić information content (AvgIpc) is 2.18. The molecule has 0 aliphatic carbocycles. The smallest absolute Gasteiger partial charge is 0.303 e. The van der Waals surface area contributed by atoms with Gasteiger partial charge in [0, 0.05) is 18.2 Å². The average molecular weight is 196 g/mol. The summed E-state index contributed by atoms with van der Waals surface area (Å²) in [6, 6.07) is 1.71. The molecule has 1 aromatic rings. The molecule has 1 rings (SSSR count). The molecule has 0 unspecified atom stereocenters. The molecule has 0 spiro atoms. The molecular weight excluding hydrogens is 184 g/mol. The second-order valence-electron chi connectivity index (χ2n) is 2.80. The Morgan fingerprint density at radius 2 is 2.36 bits per heavy atom. The predicted molar refractivity (Wildman–Crippen MR) is 49.2 cm³/mol. The van der Waals surface area contributed by atoms with E-state index in [1.165, 1.54) is 13.4 Å². The first kappa shape index (κ1) is 10.4. The Morgan fingerprint density at radius 3 is 3.00 bits per heavy atom. The van der Waals surface area contributed by atoms with Gasteiger partial charge >= 0.3 is 5.97 Å². The van der Waals surface area contributed by atoms with Gasteiger partial charge in [0.1, 0.15) is 6.33 Å². The number of nitrogens with zero attached hydrogens (tertiary/aromatic N) is 2. The lowest BCUT2D eigenvalue weighted by Crippen LogP contribution is -1.98. The maximum Gasteiger partial charge on any atom is 0.303 e. The van der Waals surface area contributed by atoms with Crippen molar-refractivity contribution in [3.05, 3.63) is 18.1 Å². The van der Waals surface area contributed by atoms with Crippen LogP contribution in [0.3, 0.4) is 0 Å². The second-order valence-corrected chi connectivity index (χ2v) is 2.80. The summed E-state index contributed by atoms with van der Waals surface area (Å²) in [5.41, 5.74) is 0.804. The Morgan fingerprint density at radius 1 is 1.57 bits per heavy atom. The molecule has 1 aromatic heterocycles. The molecule has 0 bridgehead atoms. The third kappa shape index (κ3) is 3.38. The van der Waals surface area contributed by atoms with Crippen molar-refractivity contribution in [2.24, 2.45) is 0 Å². The zero-order valence-electron chi connectivity index (χ0n) is 7.93. The second kappa shape index (κ2) is 5.16. The van der Waals surface area contributed by atoms with Crippen LogP contribution in [0.15, 0.2) is 12.4 Å². The Labute approximate surface area is 81.8 Å². The molecule has 76 valence electrons. The SMILES string of the molecule is COc1cc(CCCC(=O)O)ncn1. The summed E-state index contributed by atoms with van der Waals surface area (Å²) in [6.07, 6.45) is 2.78. The van der Waals surface area contributed by atoms with E-state index in [0.29, 0.717) is 18.7 Å². The first-order chi connectivity index (χ1) is 6.72. The third-order valence-corrected chi connectivity index (χ3v) is 1.73. The number of carboxylic acids is 1. The van der Waals surface area contributed by atoms with Gasteiger partial charge in [-0.05, 0) is 12.8 Å². The Balaban J connectivity index is 2.46. The number of methoxy groups -OCH3 is 1. The molecule has 0 aliphatic heterocycles. The van der Waals surface area contributed by atoms with Crippen LogP contribution < -0.4 is 4.74 Å². The van der Waals surface area contributed by atoms with E-state index >= 15 is 0 Å². The van der Waals surface area contributed by atoms with Crippen LogP contribution >= 0.6 is 0 Å². The molecule has 0 fully saturated rings. The van der Waals surface area contributed by atoms with E-state index in [1.54, 1.807) is 6.07 Å². The molecule has 0 saturated carbocycles. The molecule has 0 aliphatic rings. The first-order valence-corrected chi connectivity index (χ1v) is 4.29. The van der Waals surface area contributed by atoms with Crippen molar-refractivity contribution in [1.82, 2.24) is 9.97 Å². The first-order valence-electron chi connectivity index (χ1n) is 4.29. The number of carbonyl (C=O) groups is 1. The molecule has 0 amide bonds. The normalized spacial score (nSPS) is 9.79. The van der Waals surface area contributed by atoms with Crippen molar-refractivity contribution < 1.29 is 14.6 Å². The van der Waals surface area contributed by atoms with Crippen molar-refractivity contribution in [2.45, 2.75) is 19.3 Å². The predicted octanol–water partition coefficient (Wildman–Crippen LogP) is 0.893. The number of ether oxygens (including phenoxy) is 1. The van der Waals surface area contributed by atoms with Crippen LogP contribution in [0.25, 0.3) is 0 Å². The van der Waals surface area contributed by atoms with E-state index in [2.05, 4.69) is 9.97 Å². The van der Waals surface area contributed by atoms with Crippen molar-refractivity contribution in [2.75, 3.05) is 7.11 Å². The summed E-state index contributed by atoms with van der Waals surface area (Å²) in [4.78, 5) is 18.1. The number of aryl methyl sites for hydroxylation is 1. The van der Waals surface area contributed by atoms with Crippen molar-refractivity contribution in [3.63, 3.8) is 0 Å². The molecule has 1 heterocycles. The Kier molecular flexibility index (Phi) is 3.84. The molecule has 14 heavy (non-hydrogen) atoms. The highest BCUT2D eigenvalue weighted by atomic mass is 16.5. The maximum absolute atomic E-state index is 10.3. The molecular formula is C9H12N2O3. The molecule has 0 atom stereocenters. The molecule has 1 N–H and O–H groups in total. The van der Waals surface area contributed by atoms with Crippen LogP contribution in [0.4, 0.5) is 0 Å². The van der Waals surface area contributed by atoms with Crippen LogP contribution in [-0.2, 0) is 11.2 Å². The Hall–Kier alpha value is -1.65. The summed E-state index contributed by atoms with van der Waals surface area (Å²) in [5.74, 6) is -0.281. The lowest BCUT2D eigenvalue weighted by Gasteiger charge is -2.01. The highest BCUT2D eigenvalue weighted by Crippen LogP contribution is 2.08. The van der Waals surface area contributed by atoms with Crippen LogP contribution in [0.2, 0.25) is 0 Å². The van der Waals surface area contributed by atoms with Crippen LogP contribution in [0.1, 0.15) is 18.5 Å². The zero-order valence-corrected chi connectivity index (χ0v) is 7.93. The molecule has 5 heteroatoms. The van der Waals surface area contributed by atoms with Gasteiger partial charge in [0.25, 0.3) is 0 Å². The van der Waals surface area contributed by atoms with E-state index in [0.717, 1.165) is 5.69 Å². The summed E-state index contributed by atoms with van der Waals surface area (Å²) in [7, 11) is 1.53. The standard InChI is InChI=1S/C9H12N2O3/c1-14-8-5-7(10-6-11-8)3-2-4-9(12)13/h5-6H,2-4H2,1H3,(H,12,13). The van der Waals surface area contributed by atoms with Crippen LogP contribution in [0.5, 0.6) is 5.88 Å². The van der Waals surface area contributed by atoms with E-state index in [1.807, 2.05) is 0 Å². The fraction of sp³-hybridized carbons (Fsp3) is 0.444. The topological polar surface area (TPSA) is 72.3 Å². The monoisotopic (exact) mass is 196 g/mol. The fourth-order valence-corrected chi connectivity index (χ4v) is 1.05. The van der Waals surface area contributed by atoms with Gasteiger partial charge in [-0.25, -0.2) is 9.97 Å². The lowest BCUT2D eigenvalue weighted by atomic mass is 10.2. The lowest BCUT2D eigenvalue weighted by molar-refractivity contribution is -0.137. The summed E-state index contributed by atoms with van der Waals surface area (Å²) in [6.45, 7) is 0. The number of aromatic nitrogens is 2. The molecule has 0 aromatic carbocycles. The minimum atomic E-state index is -0.786. The van der Waals surface area contributed by atoms with Gasteiger partial charge in [0.15, 0.2) is 0 Å². The fourth-order valence-electron chi connectivity index (χ4n) is 1.05. The highest BCUT2D eigenvalue weighted by molar-refractivity contribution is 5.66. The number of hydrogen-bond donors (Lipinski definition) is 1. The maximum atomic E-state index is 10.3. The molecule has 5 nitrogen and oxygen atoms in total. The number of rotatable bonds is 5. The highest BCUT2D eigenvalue weighted by Gasteiger charge is 2.01. The van der Waals surface area contributed by atoms with Gasteiger partial charge in [-0.1, -0.05) is 0 Å². The van der Waals surface area contributed by atoms with E-state index in [4.69, 9.17) is 9.84 Å². The largest absolute Gasteiger partial charge is 0.481 e. The number of carboxylic acid groups (broad SMARTS) is 1. The van der Waals surface area contributed by atoms with Gasteiger partial charge in [0.2, 0.25) is 5.88 Å². The van der Waals surface area contributed by atoms with E-state index in [-0.39, 0.29) is 6.42 Å². The van der Waals surface area contributed by atoms with Crippen molar-refractivity contribution in [3.8, 4) is 5.88 Å². The van der Waals surface area contributed by atoms with Crippen molar-refractivity contribution >= 4 is 5.97 Å². The number of aliphatic carboxylic acids is 1. The molecule has 0 saturated heterocycles. The van der Waals surface area contributed by atoms with Crippen LogP contribution in [0, 0.1) is 0 Å². The summed E-state index contributed by atoms with van der Waals surface area (Å²) in [5, 5.41) is 8.43. The quantitative estimate of drug-likeness (QED) is 0.757. The van der Waals surface area contributed by atoms with E-state index < -0.39 is 5.97 Å². The summed E-state index contributed by atoms with van der Waals surface area (Å²) >= 11 is 0. The third-order valence-electron chi connectivity index (χ3n) is 1.73. The van der Waals surface area contributed by atoms with Gasteiger partial charge < -0.3 is 9.84 Å². The van der Waals surface area contributed by atoms with Gasteiger partial charge in [0.05, 0.1) is 7.11 Å².